The third kappa shape index (κ3) is 6.90. The molecule has 4 nitrogen and oxygen atoms in total. The van der Waals surface area contributed by atoms with Crippen LogP contribution < -0.4 is 10.6 Å². The van der Waals surface area contributed by atoms with Gasteiger partial charge in [-0.25, -0.2) is 0 Å². The van der Waals surface area contributed by atoms with Crippen LogP contribution in [0.3, 0.4) is 0 Å². The van der Waals surface area contributed by atoms with Crippen LogP contribution in [0.15, 0.2) is 29.3 Å². The molecule has 0 saturated heterocycles. The average Bonchev–Trinajstić information content (AvgIpc) is 2.49. The maximum absolute atomic E-state index is 12.5. The van der Waals surface area contributed by atoms with Crippen molar-refractivity contribution in [2.24, 2.45) is 4.99 Å². The van der Waals surface area contributed by atoms with Crippen LogP contribution >= 0.6 is 0 Å². The van der Waals surface area contributed by atoms with Gasteiger partial charge in [0.15, 0.2) is 5.96 Å². The lowest BCUT2D eigenvalue weighted by atomic mass is 10.1. The number of benzene rings is 1. The lowest BCUT2D eigenvalue weighted by molar-refractivity contribution is -0.137. The second-order valence-corrected chi connectivity index (χ2v) is 5.62. The summed E-state index contributed by atoms with van der Waals surface area (Å²) in [5, 5.41) is 6.26. The second-order valence-electron chi connectivity index (χ2n) is 5.62. The summed E-state index contributed by atoms with van der Waals surface area (Å²) in [6, 6.07) is 5.58. The molecule has 7 heteroatoms. The van der Waals surface area contributed by atoms with Crippen LogP contribution in [0.4, 0.5) is 13.2 Å². The molecule has 0 atom stereocenters. The van der Waals surface area contributed by atoms with E-state index in [2.05, 4.69) is 34.4 Å². The highest BCUT2D eigenvalue weighted by Gasteiger charge is 2.29. The van der Waals surface area contributed by atoms with Gasteiger partial charge in [-0.15, -0.1) is 0 Å². The van der Waals surface area contributed by atoms with E-state index in [1.54, 1.807) is 7.05 Å². The van der Waals surface area contributed by atoms with E-state index in [1.165, 1.54) is 12.1 Å². The number of nitrogens with zero attached hydrogens (tertiary/aromatic N) is 2. The summed E-state index contributed by atoms with van der Waals surface area (Å²) >= 11 is 0. The highest BCUT2D eigenvalue weighted by molar-refractivity contribution is 5.79. The molecule has 0 aliphatic rings. The monoisotopic (exact) mass is 330 g/mol. The fourth-order valence-corrected chi connectivity index (χ4v) is 1.83. The molecule has 0 aromatic heterocycles. The van der Waals surface area contributed by atoms with Crippen molar-refractivity contribution in [2.75, 3.05) is 27.2 Å². The zero-order valence-electron chi connectivity index (χ0n) is 14.0. The second kappa shape index (κ2) is 8.76. The normalized spacial score (nSPS) is 12.8. The van der Waals surface area contributed by atoms with Crippen molar-refractivity contribution in [2.45, 2.75) is 32.6 Å². The number of rotatable bonds is 6. The number of hydrogen-bond acceptors (Lipinski definition) is 2. The van der Waals surface area contributed by atoms with Gasteiger partial charge in [-0.2, -0.15) is 13.2 Å². The number of hydrogen-bond donors (Lipinski definition) is 2. The number of likely N-dealkylation sites (N-methyl/N-ethyl adjacent to an activating group) is 1. The Morgan fingerprint density at radius 3 is 2.26 bits per heavy atom. The minimum Gasteiger partial charge on any atom is -0.355 e. The zero-order valence-corrected chi connectivity index (χ0v) is 14.0. The largest absolute Gasteiger partial charge is 0.416 e. The Bertz CT molecular complexity index is 495. The molecule has 130 valence electrons. The number of guanidine groups is 1. The Labute approximate surface area is 135 Å². The van der Waals surface area contributed by atoms with Gasteiger partial charge >= 0.3 is 6.18 Å². The third-order valence-electron chi connectivity index (χ3n) is 3.60. The van der Waals surface area contributed by atoms with E-state index in [0.717, 1.165) is 30.8 Å². The van der Waals surface area contributed by atoms with E-state index >= 15 is 0 Å². The molecule has 0 aliphatic carbocycles. The van der Waals surface area contributed by atoms with Gasteiger partial charge < -0.3 is 15.5 Å². The molecule has 0 spiro atoms. The van der Waals surface area contributed by atoms with E-state index in [4.69, 9.17) is 0 Å². The van der Waals surface area contributed by atoms with Gasteiger partial charge in [0.1, 0.15) is 0 Å². The SMILES string of the molecule is CN=C(NCCN(C)C(C)C)NCc1ccc(C(F)(F)F)cc1. The highest BCUT2D eigenvalue weighted by atomic mass is 19.4. The summed E-state index contributed by atoms with van der Waals surface area (Å²) in [5.74, 6) is 0.627. The first-order valence-corrected chi connectivity index (χ1v) is 7.55. The molecule has 2 N–H and O–H groups in total. The van der Waals surface area contributed by atoms with Gasteiger partial charge in [0.05, 0.1) is 5.56 Å². The zero-order chi connectivity index (χ0) is 17.5. The van der Waals surface area contributed by atoms with Crippen molar-refractivity contribution in [3.05, 3.63) is 35.4 Å². The standard InChI is InChI=1S/C16H25F3N4/c1-12(2)23(4)10-9-21-15(20-3)22-11-13-5-7-14(8-6-13)16(17,18)19/h5-8,12H,9-11H2,1-4H3,(H2,20,21,22). The lowest BCUT2D eigenvalue weighted by Crippen LogP contribution is -2.41. The van der Waals surface area contributed by atoms with Crippen LogP contribution in [0.25, 0.3) is 0 Å². The molecular formula is C16H25F3N4. The van der Waals surface area contributed by atoms with E-state index in [0.29, 0.717) is 18.5 Å². The molecule has 0 unspecified atom stereocenters. The fourth-order valence-electron chi connectivity index (χ4n) is 1.83. The Morgan fingerprint density at radius 2 is 1.78 bits per heavy atom. The summed E-state index contributed by atoms with van der Waals surface area (Å²) in [7, 11) is 3.71. The van der Waals surface area contributed by atoms with Gasteiger partial charge in [-0.05, 0) is 38.6 Å². The molecule has 0 bridgehead atoms. The smallest absolute Gasteiger partial charge is 0.355 e. The Balaban J connectivity index is 2.43. The van der Waals surface area contributed by atoms with E-state index in [9.17, 15) is 13.2 Å². The minimum atomic E-state index is -4.30. The minimum absolute atomic E-state index is 0.415. The first-order valence-electron chi connectivity index (χ1n) is 7.55. The first-order chi connectivity index (χ1) is 10.7. The number of aliphatic imine (C=N–C) groups is 1. The van der Waals surface area contributed by atoms with Crippen LogP contribution in [0.2, 0.25) is 0 Å². The first kappa shape index (κ1) is 19.3. The predicted octanol–water partition coefficient (Wildman–Crippen LogP) is 2.71. The number of nitrogens with one attached hydrogen (secondary N) is 2. The van der Waals surface area contributed by atoms with Gasteiger partial charge in [-0.1, -0.05) is 12.1 Å². The van der Waals surface area contributed by atoms with E-state index in [-0.39, 0.29) is 0 Å². The van der Waals surface area contributed by atoms with Crippen molar-refractivity contribution < 1.29 is 13.2 Å². The van der Waals surface area contributed by atoms with Gasteiger partial charge in [0, 0.05) is 32.7 Å². The van der Waals surface area contributed by atoms with Crippen LogP contribution in [-0.4, -0.2) is 44.1 Å². The predicted molar refractivity (Wildman–Crippen MR) is 87.4 cm³/mol. The highest BCUT2D eigenvalue weighted by Crippen LogP contribution is 2.28. The van der Waals surface area contributed by atoms with Gasteiger partial charge in [-0.3, -0.25) is 4.99 Å². The van der Waals surface area contributed by atoms with Crippen LogP contribution in [0.1, 0.15) is 25.0 Å². The maximum atomic E-state index is 12.5. The summed E-state index contributed by atoms with van der Waals surface area (Å²) in [6.45, 7) is 6.27. The maximum Gasteiger partial charge on any atom is 0.416 e. The molecule has 0 amide bonds. The summed E-state index contributed by atoms with van der Waals surface area (Å²) in [4.78, 5) is 6.30. The Morgan fingerprint density at radius 1 is 1.17 bits per heavy atom. The van der Waals surface area contributed by atoms with Crippen molar-refractivity contribution in [3.63, 3.8) is 0 Å². The molecule has 0 heterocycles. The van der Waals surface area contributed by atoms with Crippen LogP contribution in [-0.2, 0) is 12.7 Å². The number of halogens is 3. The molecule has 1 rings (SSSR count). The van der Waals surface area contributed by atoms with Crippen LogP contribution in [0.5, 0.6) is 0 Å². The van der Waals surface area contributed by atoms with E-state index in [1.807, 2.05) is 7.05 Å². The Kier molecular flexibility index (Phi) is 7.35. The van der Waals surface area contributed by atoms with Crippen LogP contribution in [0, 0.1) is 0 Å². The van der Waals surface area contributed by atoms with Gasteiger partial charge in [0.25, 0.3) is 0 Å². The topological polar surface area (TPSA) is 39.7 Å². The molecule has 0 saturated carbocycles. The van der Waals surface area contributed by atoms with Crippen molar-refractivity contribution in [3.8, 4) is 0 Å². The molecule has 0 fully saturated rings. The molecule has 23 heavy (non-hydrogen) atoms. The van der Waals surface area contributed by atoms with E-state index < -0.39 is 11.7 Å². The quantitative estimate of drug-likeness (QED) is 0.622. The summed E-state index contributed by atoms with van der Waals surface area (Å²) < 4.78 is 37.5. The van der Waals surface area contributed by atoms with Gasteiger partial charge in [0.2, 0.25) is 0 Å². The fraction of sp³-hybridized carbons (Fsp3) is 0.562. The molecular weight excluding hydrogens is 305 g/mol. The summed E-state index contributed by atoms with van der Waals surface area (Å²) in [6.07, 6.45) is -4.30. The molecule has 0 aliphatic heterocycles. The summed E-state index contributed by atoms with van der Waals surface area (Å²) in [5.41, 5.74) is 0.126. The van der Waals surface area contributed by atoms with Crippen molar-refractivity contribution >= 4 is 5.96 Å². The molecule has 0 radical (unpaired) electrons. The third-order valence-corrected chi connectivity index (χ3v) is 3.60. The molecule has 1 aromatic rings. The lowest BCUT2D eigenvalue weighted by Gasteiger charge is -2.21. The number of alkyl halides is 3. The van der Waals surface area contributed by atoms with Crippen molar-refractivity contribution in [1.29, 1.82) is 0 Å². The Hall–Kier alpha value is -1.76. The molecule has 1 aromatic carbocycles. The average molecular weight is 330 g/mol. The van der Waals surface area contributed by atoms with Crippen molar-refractivity contribution in [1.82, 2.24) is 15.5 Å².